The van der Waals surface area contributed by atoms with Crippen LogP contribution in [0.15, 0.2) is 46.1 Å². The molecule has 7 nitrogen and oxygen atoms in total. The van der Waals surface area contributed by atoms with Crippen molar-refractivity contribution in [3.8, 4) is 0 Å². The number of nitrogens with zero attached hydrogens (tertiary/aromatic N) is 3. The van der Waals surface area contributed by atoms with Gasteiger partial charge in [0.2, 0.25) is 0 Å². The zero-order valence-electron chi connectivity index (χ0n) is 13.7. The van der Waals surface area contributed by atoms with Crippen LogP contribution in [0.4, 0.5) is 5.69 Å². The molecule has 126 valence electrons. The summed E-state index contributed by atoms with van der Waals surface area (Å²) in [6.45, 7) is 2.77. The number of carbonyl (C=O) groups excluding carboxylic acids is 1. The maximum Gasteiger partial charge on any atom is 0.329 e. The summed E-state index contributed by atoms with van der Waals surface area (Å²) in [6.07, 6.45) is 2.23. The first kappa shape index (κ1) is 15.3. The first-order chi connectivity index (χ1) is 12.1. The third kappa shape index (κ3) is 2.36. The van der Waals surface area contributed by atoms with E-state index in [0.29, 0.717) is 18.7 Å². The van der Waals surface area contributed by atoms with Gasteiger partial charge < -0.3 is 4.90 Å². The maximum absolute atomic E-state index is 12.9. The summed E-state index contributed by atoms with van der Waals surface area (Å²) in [6, 6.07) is 9.28. The number of carbonyl (C=O) groups is 1. The van der Waals surface area contributed by atoms with Crippen molar-refractivity contribution in [3.63, 3.8) is 0 Å². The fraction of sp³-hybridized carbons (Fsp3) is 0.222. The van der Waals surface area contributed by atoms with Crippen LogP contribution in [0.1, 0.15) is 22.8 Å². The number of H-pyrrole nitrogens is 1. The Kier molecular flexibility index (Phi) is 3.49. The van der Waals surface area contributed by atoms with Crippen molar-refractivity contribution >= 4 is 22.6 Å². The van der Waals surface area contributed by atoms with Gasteiger partial charge in [-0.3, -0.25) is 19.1 Å². The topological polar surface area (TPSA) is 88.1 Å². The molecule has 1 N–H and O–H groups in total. The molecule has 25 heavy (non-hydrogen) atoms. The Morgan fingerprint density at radius 3 is 2.88 bits per heavy atom. The van der Waals surface area contributed by atoms with E-state index >= 15 is 0 Å². The number of pyridine rings is 1. The van der Waals surface area contributed by atoms with E-state index in [1.54, 1.807) is 11.8 Å². The van der Waals surface area contributed by atoms with Crippen LogP contribution in [0.2, 0.25) is 0 Å². The highest BCUT2D eigenvalue weighted by Crippen LogP contribution is 2.28. The minimum absolute atomic E-state index is 0.201. The van der Waals surface area contributed by atoms with Crippen LogP contribution in [0, 0.1) is 0 Å². The van der Waals surface area contributed by atoms with Crippen LogP contribution in [-0.2, 0) is 13.0 Å². The molecule has 4 rings (SSSR count). The molecule has 1 aliphatic rings. The van der Waals surface area contributed by atoms with Crippen molar-refractivity contribution in [3.05, 3.63) is 68.5 Å². The second-order valence-corrected chi connectivity index (χ2v) is 5.93. The predicted molar refractivity (Wildman–Crippen MR) is 94.1 cm³/mol. The van der Waals surface area contributed by atoms with Crippen LogP contribution in [-0.4, -0.2) is 27.0 Å². The van der Waals surface area contributed by atoms with Crippen LogP contribution in [0.3, 0.4) is 0 Å². The molecule has 2 aromatic heterocycles. The van der Waals surface area contributed by atoms with Crippen molar-refractivity contribution in [1.29, 1.82) is 0 Å². The van der Waals surface area contributed by atoms with Gasteiger partial charge in [0.05, 0.1) is 10.9 Å². The van der Waals surface area contributed by atoms with Crippen molar-refractivity contribution < 1.29 is 4.79 Å². The standard InChI is InChI=1S/C18H16N4O3/c1-2-21-15-13(16(23)20-18(21)25)9-12(10-19-15)17(24)22-8-7-11-5-3-4-6-14(11)22/h3-6,9-10H,2,7-8H2,1H3,(H,20,23,25). The number of hydrogen-bond acceptors (Lipinski definition) is 4. The summed E-state index contributed by atoms with van der Waals surface area (Å²) in [5.74, 6) is -0.201. The number of benzene rings is 1. The lowest BCUT2D eigenvalue weighted by atomic mass is 10.1. The molecule has 0 fully saturated rings. The average Bonchev–Trinajstić information content (AvgIpc) is 3.05. The van der Waals surface area contributed by atoms with Crippen molar-refractivity contribution in [2.24, 2.45) is 0 Å². The van der Waals surface area contributed by atoms with Gasteiger partial charge in [-0.1, -0.05) is 18.2 Å². The number of aromatic amines is 1. The fourth-order valence-electron chi connectivity index (χ4n) is 3.28. The molecule has 1 aromatic carbocycles. The Balaban J connectivity index is 1.82. The van der Waals surface area contributed by atoms with Crippen LogP contribution in [0.5, 0.6) is 0 Å². The molecule has 1 aliphatic heterocycles. The lowest BCUT2D eigenvalue weighted by Gasteiger charge is -2.17. The number of aromatic nitrogens is 3. The zero-order chi connectivity index (χ0) is 17.6. The third-order valence-corrected chi connectivity index (χ3v) is 4.53. The summed E-state index contributed by atoms with van der Waals surface area (Å²) in [4.78, 5) is 45.0. The van der Waals surface area contributed by atoms with Gasteiger partial charge in [-0.15, -0.1) is 0 Å². The SMILES string of the molecule is CCn1c(=O)[nH]c(=O)c2cc(C(=O)N3CCc4ccccc43)cnc21. The van der Waals surface area contributed by atoms with E-state index in [0.717, 1.165) is 17.7 Å². The van der Waals surface area contributed by atoms with Crippen molar-refractivity contribution in [2.75, 3.05) is 11.4 Å². The highest BCUT2D eigenvalue weighted by atomic mass is 16.2. The van der Waals surface area contributed by atoms with Gasteiger partial charge in [0.15, 0.2) is 0 Å². The molecule has 1 amide bonds. The molecule has 0 bridgehead atoms. The second-order valence-electron chi connectivity index (χ2n) is 5.93. The monoisotopic (exact) mass is 336 g/mol. The number of aryl methyl sites for hydroxylation is 1. The highest BCUT2D eigenvalue weighted by Gasteiger charge is 2.25. The number of nitrogens with one attached hydrogen (secondary N) is 1. The highest BCUT2D eigenvalue weighted by molar-refractivity contribution is 6.08. The average molecular weight is 336 g/mol. The first-order valence-corrected chi connectivity index (χ1v) is 8.13. The zero-order valence-corrected chi connectivity index (χ0v) is 13.7. The number of fused-ring (bicyclic) bond motifs is 2. The van der Waals surface area contributed by atoms with Gasteiger partial charge in [0.1, 0.15) is 5.65 Å². The summed E-state index contributed by atoms with van der Waals surface area (Å²) in [7, 11) is 0. The summed E-state index contributed by atoms with van der Waals surface area (Å²) in [5.41, 5.74) is 1.60. The second kappa shape index (κ2) is 5.70. The predicted octanol–water partition coefficient (Wildman–Crippen LogP) is 1.31. The summed E-state index contributed by atoms with van der Waals surface area (Å²) < 4.78 is 1.37. The van der Waals surface area contributed by atoms with Gasteiger partial charge in [0.25, 0.3) is 11.5 Å². The normalized spacial score (nSPS) is 13.2. The third-order valence-electron chi connectivity index (χ3n) is 4.53. The lowest BCUT2D eigenvalue weighted by Crippen LogP contribution is -2.32. The van der Waals surface area contributed by atoms with E-state index < -0.39 is 11.2 Å². The number of anilines is 1. The largest absolute Gasteiger partial charge is 0.329 e. The Labute approximate surface area is 142 Å². The lowest BCUT2D eigenvalue weighted by molar-refractivity contribution is 0.0989. The Bertz CT molecular complexity index is 1110. The molecule has 0 saturated heterocycles. The van der Waals surface area contributed by atoms with Gasteiger partial charge >= 0.3 is 5.69 Å². The summed E-state index contributed by atoms with van der Waals surface area (Å²) in [5, 5.41) is 0.236. The summed E-state index contributed by atoms with van der Waals surface area (Å²) >= 11 is 0. The maximum atomic E-state index is 12.9. The number of amides is 1. The van der Waals surface area contributed by atoms with E-state index in [4.69, 9.17) is 0 Å². The van der Waals surface area contributed by atoms with Crippen LogP contribution in [0.25, 0.3) is 11.0 Å². The van der Waals surface area contributed by atoms with Gasteiger partial charge in [-0.25, -0.2) is 9.78 Å². The molecular formula is C18H16N4O3. The molecule has 0 atom stereocenters. The molecule has 0 aliphatic carbocycles. The molecule has 7 heteroatoms. The Hall–Kier alpha value is -3.22. The smallest absolute Gasteiger partial charge is 0.308 e. The number of rotatable bonds is 2. The van der Waals surface area contributed by atoms with Crippen molar-refractivity contribution in [1.82, 2.24) is 14.5 Å². The van der Waals surface area contributed by atoms with Crippen molar-refractivity contribution in [2.45, 2.75) is 19.9 Å². The first-order valence-electron chi connectivity index (χ1n) is 8.13. The minimum atomic E-state index is -0.534. The quantitative estimate of drug-likeness (QED) is 0.764. The molecular weight excluding hydrogens is 320 g/mol. The van der Waals surface area contributed by atoms with E-state index in [9.17, 15) is 14.4 Å². The number of para-hydroxylation sites is 1. The molecule has 0 unspecified atom stereocenters. The van der Waals surface area contributed by atoms with E-state index in [-0.39, 0.29) is 16.9 Å². The van der Waals surface area contributed by atoms with E-state index in [1.165, 1.54) is 16.8 Å². The molecule has 3 heterocycles. The van der Waals surface area contributed by atoms with E-state index in [1.807, 2.05) is 24.3 Å². The van der Waals surface area contributed by atoms with E-state index in [2.05, 4.69) is 9.97 Å². The number of hydrogen-bond donors (Lipinski definition) is 1. The molecule has 0 radical (unpaired) electrons. The molecule has 3 aromatic rings. The van der Waals surface area contributed by atoms with Gasteiger partial charge in [-0.05, 0) is 31.0 Å². The van der Waals surface area contributed by atoms with Gasteiger partial charge in [-0.2, -0.15) is 0 Å². The minimum Gasteiger partial charge on any atom is -0.308 e. The van der Waals surface area contributed by atoms with Gasteiger partial charge in [0, 0.05) is 25.0 Å². The molecule has 0 saturated carbocycles. The fourth-order valence-corrected chi connectivity index (χ4v) is 3.28. The van der Waals surface area contributed by atoms with Crippen LogP contribution >= 0.6 is 0 Å². The Morgan fingerprint density at radius 1 is 1.28 bits per heavy atom. The Morgan fingerprint density at radius 2 is 2.08 bits per heavy atom. The van der Waals surface area contributed by atoms with Crippen LogP contribution < -0.4 is 16.1 Å². The molecule has 0 spiro atoms.